The zero-order valence-electron chi connectivity index (χ0n) is 25.0. The fourth-order valence-corrected chi connectivity index (χ4v) is 7.61. The predicted octanol–water partition coefficient (Wildman–Crippen LogP) is 4.03. The summed E-state index contributed by atoms with van der Waals surface area (Å²) >= 11 is 0. The molecule has 0 saturated carbocycles. The molecule has 2 aromatic heterocycles. The average molecular weight is 619 g/mol. The molecule has 3 atom stereocenters. The second kappa shape index (κ2) is 11.6. The fraction of sp³-hybridized carbons (Fsp3) is 0.485. The Morgan fingerprint density at radius 3 is 2.93 bits per heavy atom. The van der Waals surface area contributed by atoms with Crippen LogP contribution in [0.4, 0.5) is 14.6 Å². The molecule has 236 valence electrons. The largest absolute Gasteiger partial charge is 0.508 e. The van der Waals surface area contributed by atoms with Gasteiger partial charge in [-0.05, 0) is 55.8 Å². The molecule has 6 bridgehead atoms. The second-order valence-electron chi connectivity index (χ2n) is 12.6. The summed E-state index contributed by atoms with van der Waals surface area (Å²) in [5.41, 5.74) is -0.114. The predicted molar refractivity (Wildman–Crippen MR) is 165 cm³/mol. The van der Waals surface area contributed by atoms with Crippen LogP contribution >= 0.6 is 0 Å². The first-order chi connectivity index (χ1) is 22.0. The van der Waals surface area contributed by atoms with Crippen molar-refractivity contribution in [3.8, 4) is 23.0 Å². The van der Waals surface area contributed by atoms with Crippen LogP contribution in [0, 0.1) is 11.6 Å². The number of hydrogen-bond donors (Lipinski definition) is 2. The molecular formula is C33H36F2N6O4. The van der Waals surface area contributed by atoms with Crippen LogP contribution in [0.25, 0.3) is 32.9 Å². The highest BCUT2D eigenvalue weighted by Gasteiger charge is 2.49. The van der Waals surface area contributed by atoms with Crippen molar-refractivity contribution in [2.75, 3.05) is 64.1 Å². The van der Waals surface area contributed by atoms with E-state index in [4.69, 9.17) is 19.2 Å². The van der Waals surface area contributed by atoms with Gasteiger partial charge in [-0.2, -0.15) is 9.97 Å². The monoisotopic (exact) mass is 618 g/mol. The number of phenols is 1. The van der Waals surface area contributed by atoms with E-state index in [2.05, 4.69) is 25.1 Å². The number of hydrogen-bond acceptors (Lipinski definition) is 10. The zero-order chi connectivity index (χ0) is 30.5. The van der Waals surface area contributed by atoms with E-state index in [-0.39, 0.29) is 51.6 Å². The van der Waals surface area contributed by atoms with E-state index in [9.17, 15) is 5.11 Å². The van der Waals surface area contributed by atoms with Crippen LogP contribution in [0.3, 0.4) is 0 Å². The van der Waals surface area contributed by atoms with Gasteiger partial charge in [0.1, 0.15) is 35.2 Å². The fourth-order valence-electron chi connectivity index (χ4n) is 7.61. The van der Waals surface area contributed by atoms with E-state index in [1.807, 2.05) is 0 Å². The Balaban J connectivity index is 1.25. The van der Waals surface area contributed by atoms with E-state index in [0.717, 1.165) is 38.8 Å². The van der Waals surface area contributed by atoms with Crippen molar-refractivity contribution in [3.63, 3.8) is 0 Å². The molecule has 6 heterocycles. The Morgan fingerprint density at radius 2 is 2.00 bits per heavy atom. The number of ether oxygens (including phenoxy) is 3. The van der Waals surface area contributed by atoms with Crippen molar-refractivity contribution in [2.24, 2.45) is 0 Å². The Hall–Kier alpha value is -3.71. The number of aromatic hydroxyl groups is 1. The Kier molecular flexibility index (Phi) is 7.40. The number of phenolic OH excluding ortho intramolecular Hbond substituents is 1. The van der Waals surface area contributed by atoms with Gasteiger partial charge < -0.3 is 29.5 Å². The number of rotatable bonds is 1. The van der Waals surface area contributed by atoms with Crippen LogP contribution in [-0.2, 0) is 9.47 Å². The topological polar surface area (TPSA) is 105 Å². The van der Waals surface area contributed by atoms with E-state index in [1.54, 1.807) is 12.1 Å². The smallest absolute Gasteiger partial charge is 0.319 e. The van der Waals surface area contributed by atoms with Crippen LogP contribution in [0.1, 0.15) is 25.7 Å². The minimum atomic E-state index is -0.730. The summed E-state index contributed by atoms with van der Waals surface area (Å²) in [6.07, 6.45) is 5.40. The molecule has 2 N–H and O–H groups in total. The van der Waals surface area contributed by atoms with Gasteiger partial charge in [-0.15, -0.1) is 0 Å². The van der Waals surface area contributed by atoms with Crippen molar-refractivity contribution >= 4 is 27.5 Å². The molecule has 4 aromatic rings. The molecule has 1 spiro atoms. The van der Waals surface area contributed by atoms with Crippen molar-refractivity contribution in [1.82, 2.24) is 25.2 Å². The number of nitrogens with one attached hydrogen (secondary N) is 1. The third-order valence-corrected chi connectivity index (χ3v) is 9.71. The molecule has 8 rings (SSSR count). The molecule has 45 heavy (non-hydrogen) atoms. The summed E-state index contributed by atoms with van der Waals surface area (Å²) in [6.45, 7) is 5.93. The first-order valence-electron chi connectivity index (χ1n) is 15.8. The van der Waals surface area contributed by atoms with Gasteiger partial charge in [-0.25, -0.2) is 8.78 Å². The van der Waals surface area contributed by atoms with Crippen molar-refractivity contribution in [1.29, 1.82) is 0 Å². The van der Waals surface area contributed by atoms with Crippen LogP contribution in [0.15, 0.2) is 36.5 Å². The van der Waals surface area contributed by atoms with Gasteiger partial charge in [0.25, 0.3) is 0 Å². The first-order valence-corrected chi connectivity index (χ1v) is 15.8. The maximum absolute atomic E-state index is 16.7. The Bertz CT molecular complexity index is 1760. The number of halogens is 2. The SMILES string of the molecule is Oc1cc(-c2ncc3c4nc(nc3c2F)OCC23CCCN2CC(C3)OCCCOCC2CN4CCN2)c2c(F)cccc2c1. The number of benzene rings is 2. The summed E-state index contributed by atoms with van der Waals surface area (Å²) in [6, 6.07) is 7.44. The van der Waals surface area contributed by atoms with Crippen LogP contribution in [0.2, 0.25) is 0 Å². The zero-order valence-corrected chi connectivity index (χ0v) is 25.0. The normalized spacial score (nSPS) is 26.1. The molecule has 3 saturated heterocycles. The molecule has 4 aliphatic rings. The standard InChI is InChI=1S/C33H36F2N6O4/c34-26-5-1-4-20-12-22(42)13-24(27(20)26)29-28(35)30-25(15-37-29)31-39-32(38-30)45-19-33-6-2-8-41(33)17-23(14-33)44-11-3-10-43-18-21-16-40(31)9-7-36-21/h1,4-5,12-13,15,21,23,36,42H,2-3,6-11,14,16-19H2. The Morgan fingerprint density at radius 1 is 1.07 bits per heavy atom. The lowest BCUT2D eigenvalue weighted by molar-refractivity contribution is 0.0326. The van der Waals surface area contributed by atoms with Crippen molar-refractivity contribution in [3.05, 3.63) is 48.2 Å². The van der Waals surface area contributed by atoms with Crippen molar-refractivity contribution < 1.29 is 28.1 Å². The van der Waals surface area contributed by atoms with Gasteiger partial charge in [0.05, 0.1) is 23.6 Å². The summed E-state index contributed by atoms with van der Waals surface area (Å²) in [7, 11) is 0. The molecule has 2 aromatic carbocycles. The van der Waals surface area contributed by atoms with Gasteiger partial charge in [-0.3, -0.25) is 9.88 Å². The van der Waals surface area contributed by atoms with Gasteiger partial charge in [0.2, 0.25) is 0 Å². The Labute approximate surface area is 259 Å². The van der Waals surface area contributed by atoms with Gasteiger partial charge >= 0.3 is 6.01 Å². The van der Waals surface area contributed by atoms with E-state index < -0.39 is 11.6 Å². The van der Waals surface area contributed by atoms with Crippen LogP contribution < -0.4 is 15.0 Å². The lowest BCUT2D eigenvalue weighted by atomic mass is 9.94. The lowest BCUT2D eigenvalue weighted by Crippen LogP contribution is -2.53. The summed E-state index contributed by atoms with van der Waals surface area (Å²) in [5.74, 6) is -0.848. The lowest BCUT2D eigenvalue weighted by Gasteiger charge is -2.35. The molecule has 0 radical (unpaired) electrons. The van der Waals surface area contributed by atoms with Gasteiger partial charge in [0, 0.05) is 62.6 Å². The van der Waals surface area contributed by atoms with E-state index in [1.165, 1.54) is 24.4 Å². The highest BCUT2D eigenvalue weighted by molar-refractivity contribution is 6.00. The molecule has 3 fully saturated rings. The minimum Gasteiger partial charge on any atom is -0.508 e. The maximum Gasteiger partial charge on any atom is 0.319 e. The molecule has 0 aliphatic carbocycles. The maximum atomic E-state index is 16.7. The molecule has 3 unspecified atom stereocenters. The number of anilines is 1. The quantitative estimate of drug-likeness (QED) is 0.325. The molecule has 4 aliphatic heterocycles. The number of piperazine rings is 1. The number of pyridine rings is 1. The summed E-state index contributed by atoms with van der Waals surface area (Å²) < 4.78 is 50.5. The summed E-state index contributed by atoms with van der Waals surface area (Å²) in [5, 5.41) is 15.0. The highest BCUT2D eigenvalue weighted by atomic mass is 19.1. The molecule has 12 heteroatoms. The molecule has 0 amide bonds. The number of fused-ring (bicyclic) bond motifs is 9. The average Bonchev–Trinajstić information content (AvgIpc) is 3.58. The van der Waals surface area contributed by atoms with Crippen LogP contribution in [-0.4, -0.2) is 102 Å². The van der Waals surface area contributed by atoms with Crippen LogP contribution in [0.5, 0.6) is 11.8 Å². The molecule has 10 nitrogen and oxygen atoms in total. The van der Waals surface area contributed by atoms with Gasteiger partial charge in [-0.1, -0.05) is 12.1 Å². The van der Waals surface area contributed by atoms with Gasteiger partial charge in [0.15, 0.2) is 5.82 Å². The summed E-state index contributed by atoms with van der Waals surface area (Å²) in [4.78, 5) is 18.5. The highest BCUT2D eigenvalue weighted by Crippen LogP contribution is 2.41. The number of nitrogens with zero attached hydrogens (tertiary/aromatic N) is 5. The minimum absolute atomic E-state index is 0.0329. The van der Waals surface area contributed by atoms with Crippen molar-refractivity contribution in [2.45, 2.75) is 43.4 Å². The van der Waals surface area contributed by atoms with E-state index >= 15 is 8.78 Å². The first kappa shape index (κ1) is 28.7. The molecular weight excluding hydrogens is 582 g/mol. The second-order valence-corrected chi connectivity index (χ2v) is 12.6. The number of aromatic nitrogens is 3. The third-order valence-electron chi connectivity index (χ3n) is 9.71. The third kappa shape index (κ3) is 5.23. The van der Waals surface area contributed by atoms with E-state index in [0.29, 0.717) is 62.7 Å².